The summed E-state index contributed by atoms with van der Waals surface area (Å²) in [7, 11) is 0. The van der Waals surface area contributed by atoms with Gasteiger partial charge in [-0.2, -0.15) is 0 Å². The normalized spacial score (nSPS) is 17.1. The van der Waals surface area contributed by atoms with E-state index in [-0.39, 0.29) is 0 Å². The van der Waals surface area contributed by atoms with Crippen LogP contribution >= 0.6 is 0 Å². The maximum absolute atomic E-state index is 11.1. The zero-order valence-electron chi connectivity index (χ0n) is 10.3. The summed E-state index contributed by atoms with van der Waals surface area (Å²) in [5.41, 5.74) is 1.18. The third-order valence-electron chi connectivity index (χ3n) is 3.12. The predicted molar refractivity (Wildman–Crippen MR) is 66.9 cm³/mol. The number of nitrogens with one attached hydrogen (secondary N) is 1. The lowest BCUT2D eigenvalue weighted by molar-refractivity contribution is -0.120. The molecule has 0 saturated heterocycles. The molecule has 1 aliphatic rings. The van der Waals surface area contributed by atoms with Crippen molar-refractivity contribution in [3.63, 3.8) is 0 Å². The van der Waals surface area contributed by atoms with Gasteiger partial charge < -0.3 is 5.32 Å². The Hall–Kier alpha value is -1.45. The van der Waals surface area contributed by atoms with Crippen LogP contribution < -0.4 is 5.32 Å². The highest BCUT2D eigenvalue weighted by atomic mass is 16.1. The average Bonchev–Trinajstić information content (AvgIpc) is 2.35. The topological polar surface area (TPSA) is 54.9 Å². The van der Waals surface area contributed by atoms with Gasteiger partial charge in [0, 0.05) is 31.3 Å². The Bertz CT molecular complexity index is 365. The van der Waals surface area contributed by atoms with E-state index in [1.165, 1.54) is 5.56 Å². The fourth-order valence-corrected chi connectivity index (χ4v) is 2.11. The summed E-state index contributed by atoms with van der Waals surface area (Å²) >= 11 is 0. The first-order chi connectivity index (χ1) is 8.28. The summed E-state index contributed by atoms with van der Waals surface area (Å²) in [5.74, 6) is 1.06. The molecule has 1 aromatic heterocycles. The Morgan fingerprint density at radius 2 is 1.94 bits per heavy atom. The molecule has 0 radical (unpaired) electrons. The van der Waals surface area contributed by atoms with Crippen molar-refractivity contribution in [2.75, 3.05) is 5.32 Å². The number of hydrogen-bond acceptors (Lipinski definition) is 4. The van der Waals surface area contributed by atoms with Crippen molar-refractivity contribution in [1.82, 2.24) is 9.97 Å². The molecule has 0 amide bonds. The van der Waals surface area contributed by atoms with Crippen LogP contribution in [-0.4, -0.2) is 21.8 Å². The lowest BCUT2D eigenvalue weighted by atomic mass is 9.94. The number of aryl methyl sites for hydroxylation is 1. The highest BCUT2D eigenvalue weighted by Gasteiger charge is 2.18. The minimum absolute atomic E-state index is 0.352. The van der Waals surface area contributed by atoms with Crippen LogP contribution in [0.2, 0.25) is 0 Å². The van der Waals surface area contributed by atoms with E-state index in [9.17, 15) is 4.79 Å². The average molecular weight is 233 g/mol. The molecule has 0 aliphatic heterocycles. The number of Topliss-reactive ketones (excluding diaryl/α,β-unsaturated/α-hetero) is 1. The molecule has 17 heavy (non-hydrogen) atoms. The van der Waals surface area contributed by atoms with Crippen molar-refractivity contribution in [3.8, 4) is 0 Å². The quantitative estimate of drug-likeness (QED) is 0.867. The Morgan fingerprint density at radius 1 is 1.29 bits per heavy atom. The molecule has 1 aliphatic carbocycles. The number of nitrogens with zero attached hydrogens (tertiary/aromatic N) is 2. The molecule has 0 spiro atoms. The molecule has 4 nitrogen and oxygen atoms in total. The lowest BCUT2D eigenvalue weighted by Crippen LogP contribution is -2.26. The summed E-state index contributed by atoms with van der Waals surface area (Å²) < 4.78 is 0. The summed E-state index contributed by atoms with van der Waals surface area (Å²) in [6.45, 7) is 2.14. The van der Waals surface area contributed by atoms with Crippen LogP contribution in [0.5, 0.6) is 0 Å². The number of carbonyl (C=O) groups is 1. The molecule has 0 bridgehead atoms. The summed E-state index contributed by atoms with van der Waals surface area (Å²) in [6, 6.07) is 0.352. The van der Waals surface area contributed by atoms with Gasteiger partial charge in [0.05, 0.1) is 0 Å². The van der Waals surface area contributed by atoms with Crippen molar-refractivity contribution in [2.45, 2.75) is 51.5 Å². The second kappa shape index (κ2) is 5.75. The first-order valence-corrected chi connectivity index (χ1v) is 6.37. The third kappa shape index (κ3) is 3.51. The number of rotatable bonds is 4. The van der Waals surface area contributed by atoms with Gasteiger partial charge in [0.1, 0.15) is 5.78 Å². The van der Waals surface area contributed by atoms with Crippen LogP contribution in [0.25, 0.3) is 0 Å². The van der Waals surface area contributed by atoms with Crippen LogP contribution in [-0.2, 0) is 11.2 Å². The van der Waals surface area contributed by atoms with Gasteiger partial charge in [-0.3, -0.25) is 4.79 Å². The van der Waals surface area contributed by atoms with Gasteiger partial charge in [0.2, 0.25) is 5.95 Å². The molecule has 4 heteroatoms. The first kappa shape index (κ1) is 12.0. The third-order valence-corrected chi connectivity index (χ3v) is 3.12. The molecular weight excluding hydrogens is 214 g/mol. The number of aromatic nitrogens is 2. The Labute approximate surface area is 102 Å². The number of anilines is 1. The van der Waals surface area contributed by atoms with E-state index in [0.29, 0.717) is 30.6 Å². The van der Waals surface area contributed by atoms with Gasteiger partial charge in [-0.1, -0.05) is 13.3 Å². The molecule has 1 N–H and O–H groups in total. The maximum Gasteiger partial charge on any atom is 0.222 e. The van der Waals surface area contributed by atoms with E-state index in [0.717, 1.165) is 25.7 Å². The molecule has 1 heterocycles. The monoisotopic (exact) mass is 233 g/mol. The van der Waals surface area contributed by atoms with Gasteiger partial charge in [-0.25, -0.2) is 9.97 Å². The Balaban J connectivity index is 1.88. The zero-order chi connectivity index (χ0) is 12.1. The molecule has 2 rings (SSSR count). The number of ketones is 1. The summed E-state index contributed by atoms with van der Waals surface area (Å²) in [6.07, 6.45) is 9.08. The van der Waals surface area contributed by atoms with Crippen LogP contribution in [0.1, 0.15) is 44.6 Å². The minimum Gasteiger partial charge on any atom is -0.351 e. The standard InChI is InChI=1S/C13H19N3O/c1-2-3-10-8-14-13(15-9-10)16-11-4-6-12(17)7-5-11/h8-9,11H,2-7H2,1H3,(H,14,15,16). The molecular formula is C13H19N3O. The minimum atomic E-state index is 0.352. The number of hydrogen-bond donors (Lipinski definition) is 1. The second-order valence-electron chi connectivity index (χ2n) is 4.62. The lowest BCUT2D eigenvalue weighted by Gasteiger charge is -2.21. The van der Waals surface area contributed by atoms with Crippen LogP contribution in [0, 0.1) is 0 Å². The molecule has 0 aromatic carbocycles. The molecule has 1 aromatic rings. The van der Waals surface area contributed by atoms with Crippen molar-refractivity contribution in [3.05, 3.63) is 18.0 Å². The molecule has 1 fully saturated rings. The highest BCUT2D eigenvalue weighted by Crippen LogP contribution is 2.17. The fourth-order valence-electron chi connectivity index (χ4n) is 2.11. The maximum atomic E-state index is 11.1. The molecule has 0 atom stereocenters. The van der Waals surface area contributed by atoms with E-state index in [1.807, 2.05) is 12.4 Å². The van der Waals surface area contributed by atoms with E-state index < -0.39 is 0 Å². The van der Waals surface area contributed by atoms with Crippen molar-refractivity contribution in [2.24, 2.45) is 0 Å². The second-order valence-corrected chi connectivity index (χ2v) is 4.62. The SMILES string of the molecule is CCCc1cnc(NC2CCC(=O)CC2)nc1. The van der Waals surface area contributed by atoms with E-state index in [2.05, 4.69) is 22.2 Å². The van der Waals surface area contributed by atoms with Crippen molar-refractivity contribution < 1.29 is 4.79 Å². The van der Waals surface area contributed by atoms with Gasteiger partial charge >= 0.3 is 0 Å². The van der Waals surface area contributed by atoms with E-state index in [4.69, 9.17) is 0 Å². The fraction of sp³-hybridized carbons (Fsp3) is 0.615. The summed E-state index contributed by atoms with van der Waals surface area (Å²) in [4.78, 5) is 19.7. The summed E-state index contributed by atoms with van der Waals surface area (Å²) in [5, 5.41) is 3.30. The Morgan fingerprint density at radius 3 is 2.53 bits per heavy atom. The largest absolute Gasteiger partial charge is 0.351 e. The van der Waals surface area contributed by atoms with Gasteiger partial charge in [-0.05, 0) is 24.8 Å². The van der Waals surface area contributed by atoms with Crippen molar-refractivity contribution in [1.29, 1.82) is 0 Å². The number of carbonyl (C=O) groups excluding carboxylic acids is 1. The predicted octanol–water partition coefficient (Wildman–Crippen LogP) is 2.35. The van der Waals surface area contributed by atoms with Crippen LogP contribution in [0.4, 0.5) is 5.95 Å². The van der Waals surface area contributed by atoms with Gasteiger partial charge in [0.15, 0.2) is 0 Å². The smallest absolute Gasteiger partial charge is 0.222 e. The van der Waals surface area contributed by atoms with Gasteiger partial charge in [0.25, 0.3) is 0 Å². The van der Waals surface area contributed by atoms with Crippen LogP contribution in [0.3, 0.4) is 0 Å². The molecule has 92 valence electrons. The van der Waals surface area contributed by atoms with E-state index in [1.54, 1.807) is 0 Å². The van der Waals surface area contributed by atoms with Gasteiger partial charge in [-0.15, -0.1) is 0 Å². The van der Waals surface area contributed by atoms with Crippen molar-refractivity contribution >= 4 is 11.7 Å². The molecule has 0 unspecified atom stereocenters. The van der Waals surface area contributed by atoms with Crippen LogP contribution in [0.15, 0.2) is 12.4 Å². The van der Waals surface area contributed by atoms with E-state index >= 15 is 0 Å². The molecule has 1 saturated carbocycles. The highest BCUT2D eigenvalue weighted by molar-refractivity contribution is 5.79. The Kier molecular flexibility index (Phi) is 4.07. The first-order valence-electron chi connectivity index (χ1n) is 6.37. The zero-order valence-corrected chi connectivity index (χ0v) is 10.3.